The molecule has 0 rings (SSSR count). The van der Waals surface area contributed by atoms with Crippen LogP contribution in [0.15, 0.2) is 0 Å². The Bertz CT molecular complexity index is 193. The normalized spacial score (nSPS) is 7.80. The molecule has 2 N–H and O–H groups in total. The molecule has 7 nitrogen and oxygen atoms in total. The predicted molar refractivity (Wildman–Crippen MR) is 51.2 cm³/mol. The molecule has 0 spiro atoms. The number of rotatable bonds is 3. The first-order valence-corrected chi connectivity index (χ1v) is 4.01. The van der Waals surface area contributed by atoms with E-state index in [0.717, 1.165) is 20.8 Å². The van der Waals surface area contributed by atoms with Crippen molar-refractivity contribution in [1.29, 1.82) is 0 Å². The van der Waals surface area contributed by atoms with Gasteiger partial charge in [0, 0.05) is 20.8 Å². The summed E-state index contributed by atoms with van der Waals surface area (Å²) < 4.78 is 13.0. The van der Waals surface area contributed by atoms with E-state index in [1.54, 1.807) is 0 Å². The lowest BCUT2D eigenvalue weighted by Crippen LogP contribution is -2.32. The summed E-state index contributed by atoms with van der Waals surface area (Å²) in [4.78, 5) is 31.2. The Balaban J connectivity index is 0. The second-order valence-electron chi connectivity index (χ2n) is 2.12. The summed E-state index contributed by atoms with van der Waals surface area (Å²) in [5.74, 6) is -2.15. The minimum Gasteiger partial charge on any atom is -0.462 e. The van der Waals surface area contributed by atoms with Gasteiger partial charge in [0.15, 0.2) is 0 Å². The van der Waals surface area contributed by atoms with Crippen LogP contribution in [-0.4, -0.2) is 32.3 Å². The minimum absolute atomic E-state index is 0.715. The van der Waals surface area contributed by atoms with Crippen molar-refractivity contribution < 1.29 is 28.3 Å². The number of carbonyl (C=O) groups is 3. The van der Waals surface area contributed by atoms with Crippen LogP contribution < -0.4 is 5.73 Å². The van der Waals surface area contributed by atoms with Crippen LogP contribution in [0.25, 0.3) is 0 Å². The fourth-order valence-corrected chi connectivity index (χ4v) is 0.479. The highest BCUT2D eigenvalue weighted by atomic mass is 16.8. The van der Waals surface area contributed by atoms with Crippen LogP contribution in [0.2, 0.25) is 0 Å². The van der Waals surface area contributed by atoms with Gasteiger partial charge >= 0.3 is 7.32 Å². The highest BCUT2D eigenvalue weighted by molar-refractivity contribution is 6.43. The average molecular weight is 219 g/mol. The van der Waals surface area contributed by atoms with Gasteiger partial charge in [0.1, 0.15) is 0 Å². The Hall–Kier alpha value is -1.57. The summed E-state index contributed by atoms with van der Waals surface area (Å²) >= 11 is 0. The van der Waals surface area contributed by atoms with Crippen LogP contribution in [-0.2, 0) is 28.3 Å². The molecule has 0 amide bonds. The number of carbonyl (C=O) groups excluding carboxylic acids is 3. The second kappa shape index (κ2) is 9.01. The van der Waals surface area contributed by atoms with Crippen LogP contribution in [0.5, 0.6) is 0 Å². The summed E-state index contributed by atoms with van der Waals surface area (Å²) in [5.41, 5.74) is 4.50. The van der Waals surface area contributed by atoms with Crippen molar-refractivity contribution in [1.82, 2.24) is 0 Å². The molecule has 0 fully saturated rings. The van der Waals surface area contributed by atoms with E-state index in [0.29, 0.717) is 0 Å². The molecule has 0 aliphatic carbocycles. The lowest BCUT2D eigenvalue weighted by atomic mass is 10.2. The molecule has 0 radical (unpaired) electrons. The van der Waals surface area contributed by atoms with Crippen LogP contribution in [0.1, 0.15) is 20.8 Å². The van der Waals surface area contributed by atoms with Gasteiger partial charge in [0.2, 0.25) is 0 Å². The molecule has 8 heteroatoms. The van der Waals surface area contributed by atoms with E-state index in [-0.39, 0.29) is 0 Å². The molecule has 0 aromatic carbocycles. The van der Waals surface area contributed by atoms with Crippen LogP contribution >= 0.6 is 0 Å². The summed E-state index contributed by atoms with van der Waals surface area (Å²) in [7, 11) is -0.0903. The van der Waals surface area contributed by atoms with Gasteiger partial charge in [0.05, 0.1) is 0 Å². The van der Waals surface area contributed by atoms with Gasteiger partial charge in [-0.2, -0.15) is 0 Å². The van der Waals surface area contributed by atoms with Crippen molar-refractivity contribution in [3.8, 4) is 0 Å². The van der Waals surface area contributed by atoms with E-state index in [4.69, 9.17) is 0 Å². The van der Waals surface area contributed by atoms with Crippen LogP contribution in [0.3, 0.4) is 0 Å². The van der Waals surface area contributed by atoms with Crippen molar-refractivity contribution in [2.45, 2.75) is 20.8 Å². The highest BCUT2D eigenvalue weighted by Crippen LogP contribution is 1.94. The highest BCUT2D eigenvalue weighted by Gasteiger charge is 2.33. The fraction of sp³-hybridized carbons (Fsp3) is 0.571. The lowest BCUT2D eigenvalue weighted by molar-refractivity contribution is -0.144. The third kappa shape index (κ3) is 12.4. The van der Waals surface area contributed by atoms with Gasteiger partial charge in [-0.25, -0.2) is 0 Å². The molecule has 0 heterocycles. The van der Waals surface area contributed by atoms with Crippen LogP contribution in [0.4, 0.5) is 0 Å². The molecule has 86 valence electrons. The van der Waals surface area contributed by atoms with Gasteiger partial charge in [-0.3, -0.25) is 14.4 Å². The molecule has 0 saturated heterocycles. The van der Waals surface area contributed by atoms with E-state index in [2.05, 4.69) is 19.7 Å². The van der Waals surface area contributed by atoms with E-state index in [9.17, 15) is 14.4 Å². The molecular formula is C7H14BNO6. The molecule has 0 atom stereocenters. The molecule has 0 aliphatic heterocycles. The number of hydrogen-bond acceptors (Lipinski definition) is 7. The van der Waals surface area contributed by atoms with E-state index < -0.39 is 25.2 Å². The summed E-state index contributed by atoms with van der Waals surface area (Å²) in [6.45, 7) is 3.29. The number of nitrogens with two attached hydrogens (primary N) is 1. The molecule has 0 aliphatic rings. The predicted octanol–water partition coefficient (Wildman–Crippen LogP) is -0.764. The van der Waals surface area contributed by atoms with Crippen molar-refractivity contribution in [3.05, 3.63) is 0 Å². The zero-order chi connectivity index (χ0) is 12.4. The quantitative estimate of drug-likeness (QED) is 0.621. The van der Waals surface area contributed by atoms with Gasteiger partial charge in [0.25, 0.3) is 17.9 Å². The zero-order valence-electron chi connectivity index (χ0n) is 9.10. The zero-order valence-corrected chi connectivity index (χ0v) is 9.10. The maximum atomic E-state index is 10.4. The molecule has 0 aromatic heterocycles. The Morgan fingerprint density at radius 3 is 1.13 bits per heavy atom. The monoisotopic (exact) mass is 219 g/mol. The van der Waals surface area contributed by atoms with Crippen molar-refractivity contribution in [2.24, 2.45) is 5.73 Å². The standard InChI is InChI=1S/C6H9BO6.CH5N/c1-4(8)11-7(12-5(2)9)13-6(3)10;1-2/h1-3H3;2H2,1H3. The van der Waals surface area contributed by atoms with E-state index >= 15 is 0 Å². The van der Waals surface area contributed by atoms with Crippen molar-refractivity contribution in [3.63, 3.8) is 0 Å². The summed E-state index contributed by atoms with van der Waals surface area (Å²) in [6, 6.07) is 0. The van der Waals surface area contributed by atoms with E-state index in [1.165, 1.54) is 7.05 Å². The molecule has 0 saturated carbocycles. The Labute approximate surface area is 88.0 Å². The van der Waals surface area contributed by atoms with Crippen LogP contribution in [0, 0.1) is 0 Å². The molecular weight excluding hydrogens is 205 g/mol. The first kappa shape index (κ1) is 15.9. The lowest BCUT2D eigenvalue weighted by Gasteiger charge is -2.09. The van der Waals surface area contributed by atoms with Gasteiger partial charge in [-0.1, -0.05) is 0 Å². The van der Waals surface area contributed by atoms with Gasteiger partial charge < -0.3 is 19.7 Å². The minimum atomic E-state index is -1.59. The topological polar surface area (TPSA) is 105 Å². The van der Waals surface area contributed by atoms with Crippen molar-refractivity contribution >= 4 is 25.2 Å². The smallest absolute Gasteiger partial charge is 0.462 e. The molecule has 0 unspecified atom stereocenters. The molecule has 0 bridgehead atoms. The van der Waals surface area contributed by atoms with Gasteiger partial charge in [-0.05, 0) is 7.05 Å². The SMILES string of the molecule is CC(=O)OB(OC(C)=O)OC(C)=O.CN. The third-order valence-electron chi connectivity index (χ3n) is 0.787. The van der Waals surface area contributed by atoms with Gasteiger partial charge in [-0.15, -0.1) is 0 Å². The first-order chi connectivity index (χ1) is 6.91. The summed E-state index contributed by atoms with van der Waals surface area (Å²) in [6.07, 6.45) is 0. The molecule has 15 heavy (non-hydrogen) atoms. The largest absolute Gasteiger partial charge is 0.870 e. The Morgan fingerprint density at radius 2 is 1.00 bits per heavy atom. The second-order valence-corrected chi connectivity index (χ2v) is 2.12. The third-order valence-corrected chi connectivity index (χ3v) is 0.787. The maximum Gasteiger partial charge on any atom is 0.870 e. The van der Waals surface area contributed by atoms with Crippen molar-refractivity contribution in [2.75, 3.05) is 7.05 Å². The Morgan fingerprint density at radius 1 is 0.800 bits per heavy atom. The van der Waals surface area contributed by atoms with E-state index in [1.807, 2.05) is 0 Å². The fourth-order valence-electron chi connectivity index (χ4n) is 0.479. The average Bonchev–Trinajstić information content (AvgIpc) is 2.03. The summed E-state index contributed by atoms with van der Waals surface area (Å²) in [5, 5.41) is 0. The first-order valence-electron chi connectivity index (χ1n) is 4.01. The molecule has 0 aromatic rings. The Kier molecular flexibility index (Phi) is 9.54. The maximum absolute atomic E-state index is 10.4. The number of hydrogen-bond donors (Lipinski definition) is 1.